The SMILES string of the molecule is COCCOc1ccccc1C1(O)CCCC(C(C)C)C1. The molecule has 1 aromatic rings. The number of methoxy groups -OCH3 is 1. The van der Waals surface area contributed by atoms with Gasteiger partial charge in [0.15, 0.2) is 0 Å². The van der Waals surface area contributed by atoms with Crippen LogP contribution < -0.4 is 4.74 Å². The van der Waals surface area contributed by atoms with Gasteiger partial charge in [0.05, 0.1) is 12.2 Å². The highest BCUT2D eigenvalue weighted by atomic mass is 16.5. The molecule has 1 aliphatic carbocycles. The zero-order valence-corrected chi connectivity index (χ0v) is 13.5. The van der Waals surface area contributed by atoms with Crippen LogP contribution in [0.1, 0.15) is 45.1 Å². The summed E-state index contributed by atoms with van der Waals surface area (Å²) in [5.74, 6) is 1.98. The Kier molecular flexibility index (Phi) is 5.65. The Balaban J connectivity index is 2.19. The summed E-state index contributed by atoms with van der Waals surface area (Å²) in [5.41, 5.74) is 0.183. The van der Waals surface area contributed by atoms with Crippen LogP contribution in [0.5, 0.6) is 5.75 Å². The molecule has 0 aliphatic heterocycles. The molecule has 0 aromatic heterocycles. The van der Waals surface area contributed by atoms with Crippen molar-refractivity contribution in [2.24, 2.45) is 11.8 Å². The van der Waals surface area contributed by atoms with E-state index in [-0.39, 0.29) is 0 Å². The molecule has 3 heteroatoms. The van der Waals surface area contributed by atoms with E-state index in [0.717, 1.165) is 30.6 Å². The predicted octanol–water partition coefficient (Wildman–Crippen LogP) is 3.75. The second-order valence-electron chi connectivity index (χ2n) is 6.47. The van der Waals surface area contributed by atoms with Crippen molar-refractivity contribution in [2.75, 3.05) is 20.3 Å². The van der Waals surface area contributed by atoms with Crippen LogP contribution in [0.15, 0.2) is 24.3 Å². The summed E-state index contributed by atoms with van der Waals surface area (Å²) < 4.78 is 10.8. The number of benzene rings is 1. The van der Waals surface area contributed by atoms with Crippen molar-refractivity contribution in [3.05, 3.63) is 29.8 Å². The fourth-order valence-electron chi connectivity index (χ4n) is 3.32. The van der Waals surface area contributed by atoms with Crippen molar-refractivity contribution in [3.63, 3.8) is 0 Å². The van der Waals surface area contributed by atoms with Gasteiger partial charge in [-0.2, -0.15) is 0 Å². The highest BCUT2D eigenvalue weighted by Gasteiger charge is 2.38. The van der Waals surface area contributed by atoms with Gasteiger partial charge in [-0.05, 0) is 43.6 Å². The largest absolute Gasteiger partial charge is 0.491 e. The Hall–Kier alpha value is -1.06. The van der Waals surface area contributed by atoms with Crippen LogP contribution in [0.4, 0.5) is 0 Å². The van der Waals surface area contributed by atoms with E-state index in [0.29, 0.717) is 25.0 Å². The number of hydrogen-bond acceptors (Lipinski definition) is 3. The molecule has 2 rings (SSSR count). The molecule has 1 aliphatic rings. The molecule has 0 spiro atoms. The lowest BCUT2D eigenvalue weighted by molar-refractivity contribution is -0.0317. The topological polar surface area (TPSA) is 38.7 Å². The monoisotopic (exact) mass is 292 g/mol. The minimum atomic E-state index is -0.753. The van der Waals surface area contributed by atoms with Crippen LogP contribution in [0.25, 0.3) is 0 Å². The van der Waals surface area contributed by atoms with Crippen LogP contribution >= 0.6 is 0 Å². The van der Waals surface area contributed by atoms with Crippen molar-refractivity contribution in [1.29, 1.82) is 0 Å². The zero-order chi connectivity index (χ0) is 15.3. The van der Waals surface area contributed by atoms with E-state index in [4.69, 9.17) is 9.47 Å². The Bertz CT molecular complexity index is 444. The summed E-state index contributed by atoms with van der Waals surface area (Å²) >= 11 is 0. The number of rotatable bonds is 6. The second kappa shape index (κ2) is 7.28. The summed E-state index contributed by atoms with van der Waals surface area (Å²) in [4.78, 5) is 0. The van der Waals surface area contributed by atoms with Gasteiger partial charge < -0.3 is 14.6 Å². The lowest BCUT2D eigenvalue weighted by atomic mass is 9.71. The number of aliphatic hydroxyl groups is 1. The van der Waals surface area contributed by atoms with Gasteiger partial charge in [-0.25, -0.2) is 0 Å². The lowest BCUT2D eigenvalue weighted by Crippen LogP contribution is -2.35. The number of hydrogen-bond donors (Lipinski definition) is 1. The maximum atomic E-state index is 11.2. The molecule has 1 fully saturated rings. The van der Waals surface area contributed by atoms with Crippen molar-refractivity contribution in [3.8, 4) is 5.75 Å². The molecule has 0 heterocycles. The maximum absolute atomic E-state index is 11.2. The van der Waals surface area contributed by atoms with E-state index in [9.17, 15) is 5.11 Å². The van der Waals surface area contributed by atoms with Gasteiger partial charge in [0, 0.05) is 12.7 Å². The molecule has 1 saturated carbocycles. The predicted molar refractivity (Wildman–Crippen MR) is 84.5 cm³/mol. The van der Waals surface area contributed by atoms with Gasteiger partial charge in [-0.15, -0.1) is 0 Å². The van der Waals surface area contributed by atoms with E-state index < -0.39 is 5.60 Å². The van der Waals surface area contributed by atoms with Crippen molar-refractivity contribution in [1.82, 2.24) is 0 Å². The Morgan fingerprint density at radius 3 is 2.76 bits per heavy atom. The van der Waals surface area contributed by atoms with E-state index in [1.807, 2.05) is 24.3 Å². The zero-order valence-electron chi connectivity index (χ0n) is 13.5. The first kappa shape index (κ1) is 16.3. The van der Waals surface area contributed by atoms with Gasteiger partial charge in [0.2, 0.25) is 0 Å². The average Bonchev–Trinajstić information content (AvgIpc) is 2.48. The standard InChI is InChI=1S/C18H28O3/c1-14(2)15-7-6-10-18(19,13-15)16-8-4-5-9-17(16)21-12-11-20-3/h4-5,8-9,14-15,19H,6-7,10-13H2,1-3H3. The van der Waals surface area contributed by atoms with Gasteiger partial charge in [-0.3, -0.25) is 0 Å². The summed E-state index contributed by atoms with van der Waals surface area (Å²) in [6, 6.07) is 7.89. The molecule has 0 saturated heterocycles. The molecule has 1 aromatic carbocycles. The highest BCUT2D eigenvalue weighted by molar-refractivity contribution is 5.38. The lowest BCUT2D eigenvalue weighted by Gasteiger charge is -2.39. The summed E-state index contributed by atoms with van der Waals surface area (Å²) in [6.07, 6.45) is 3.94. The molecular formula is C18H28O3. The summed E-state index contributed by atoms with van der Waals surface area (Å²) in [6.45, 7) is 5.56. The van der Waals surface area contributed by atoms with Crippen LogP contribution in [-0.2, 0) is 10.3 Å². The van der Waals surface area contributed by atoms with Crippen LogP contribution in [0.3, 0.4) is 0 Å². The Labute approximate surface area is 128 Å². The fourth-order valence-corrected chi connectivity index (χ4v) is 3.32. The smallest absolute Gasteiger partial charge is 0.125 e. The molecule has 21 heavy (non-hydrogen) atoms. The van der Waals surface area contributed by atoms with Crippen LogP contribution in [0, 0.1) is 11.8 Å². The normalized spacial score (nSPS) is 26.0. The minimum Gasteiger partial charge on any atom is -0.491 e. The first-order chi connectivity index (χ1) is 10.1. The van der Waals surface area contributed by atoms with Gasteiger partial charge in [0.25, 0.3) is 0 Å². The average molecular weight is 292 g/mol. The summed E-state index contributed by atoms with van der Waals surface area (Å²) in [7, 11) is 1.66. The van der Waals surface area contributed by atoms with Gasteiger partial charge >= 0.3 is 0 Å². The molecule has 2 unspecified atom stereocenters. The first-order valence-electron chi connectivity index (χ1n) is 8.00. The second-order valence-corrected chi connectivity index (χ2v) is 6.47. The van der Waals surface area contributed by atoms with Gasteiger partial charge in [-0.1, -0.05) is 32.0 Å². The van der Waals surface area contributed by atoms with Crippen molar-refractivity contribution < 1.29 is 14.6 Å². The molecule has 2 atom stereocenters. The van der Waals surface area contributed by atoms with E-state index >= 15 is 0 Å². The highest BCUT2D eigenvalue weighted by Crippen LogP contribution is 2.45. The molecular weight excluding hydrogens is 264 g/mol. The van der Waals surface area contributed by atoms with E-state index in [1.54, 1.807) is 7.11 Å². The molecule has 0 bridgehead atoms. The van der Waals surface area contributed by atoms with Gasteiger partial charge in [0.1, 0.15) is 12.4 Å². The van der Waals surface area contributed by atoms with Crippen molar-refractivity contribution >= 4 is 0 Å². The minimum absolute atomic E-state index is 0.511. The van der Waals surface area contributed by atoms with Crippen LogP contribution in [-0.4, -0.2) is 25.4 Å². The van der Waals surface area contributed by atoms with Crippen LogP contribution in [0.2, 0.25) is 0 Å². The van der Waals surface area contributed by atoms with E-state index in [1.165, 1.54) is 6.42 Å². The van der Waals surface area contributed by atoms with E-state index in [2.05, 4.69) is 13.8 Å². The quantitative estimate of drug-likeness (QED) is 0.812. The molecule has 3 nitrogen and oxygen atoms in total. The third-order valence-electron chi connectivity index (χ3n) is 4.64. The Morgan fingerprint density at radius 1 is 1.29 bits per heavy atom. The first-order valence-corrected chi connectivity index (χ1v) is 8.00. The molecule has 1 N–H and O–H groups in total. The van der Waals surface area contributed by atoms with Crippen molar-refractivity contribution in [2.45, 2.75) is 45.1 Å². The molecule has 0 amide bonds. The molecule has 0 radical (unpaired) electrons. The molecule has 118 valence electrons. The third kappa shape index (κ3) is 3.98. The fraction of sp³-hybridized carbons (Fsp3) is 0.667. The summed E-state index contributed by atoms with van der Waals surface area (Å²) in [5, 5.41) is 11.2. The number of para-hydroxylation sites is 1. The Morgan fingerprint density at radius 2 is 2.05 bits per heavy atom. The number of ether oxygens (including phenoxy) is 2. The maximum Gasteiger partial charge on any atom is 0.125 e. The third-order valence-corrected chi connectivity index (χ3v) is 4.64.